The highest BCUT2D eigenvalue weighted by Crippen LogP contribution is 2.30. The van der Waals surface area contributed by atoms with Crippen molar-refractivity contribution in [1.82, 2.24) is 15.5 Å². The van der Waals surface area contributed by atoms with Gasteiger partial charge in [0.05, 0.1) is 35.2 Å². The summed E-state index contributed by atoms with van der Waals surface area (Å²) in [5.41, 5.74) is 0.764. The number of quaternary nitrogens is 1. The summed E-state index contributed by atoms with van der Waals surface area (Å²) < 4.78 is 10.7. The lowest BCUT2D eigenvalue weighted by atomic mass is 10.1. The molecule has 0 saturated carbocycles. The molecule has 2 aliphatic rings. The lowest BCUT2D eigenvalue weighted by Crippen LogP contribution is -2.55. The highest BCUT2D eigenvalue weighted by atomic mass is 32.1. The number of hydrogen-bond acceptors (Lipinski definition) is 11. The van der Waals surface area contributed by atoms with Crippen molar-refractivity contribution >= 4 is 48.1 Å². The third-order valence-electron chi connectivity index (χ3n) is 7.97. The predicted molar refractivity (Wildman–Crippen MR) is 168 cm³/mol. The summed E-state index contributed by atoms with van der Waals surface area (Å²) in [5, 5.41) is 27.4. The van der Waals surface area contributed by atoms with Crippen LogP contribution in [0.2, 0.25) is 0 Å². The quantitative estimate of drug-likeness (QED) is 0.0895. The molecule has 4 atom stereocenters. The van der Waals surface area contributed by atoms with Crippen LogP contribution in [0.3, 0.4) is 0 Å². The SMILES string of the molecule is CN(C[C@@H]1C[N+](C)(C(=O)[C@@H]2CCCN2)C[C@H]1S)C(=NC(=O)OCc1ccc([N+](=O)[O-])cc1)NC(=O)OCc1ccc([N+](=O)[O-])cc1. The van der Waals surface area contributed by atoms with Crippen LogP contribution in [0.25, 0.3) is 0 Å². The number of nitrogens with one attached hydrogen (secondary N) is 2. The second-order valence-electron chi connectivity index (χ2n) is 11.5. The van der Waals surface area contributed by atoms with Gasteiger partial charge < -0.3 is 19.7 Å². The minimum atomic E-state index is -1.03. The van der Waals surface area contributed by atoms with Crippen molar-refractivity contribution in [3.05, 3.63) is 79.9 Å². The van der Waals surface area contributed by atoms with Crippen LogP contribution in [0.5, 0.6) is 0 Å². The summed E-state index contributed by atoms with van der Waals surface area (Å²) in [6.07, 6.45) is -0.241. The summed E-state index contributed by atoms with van der Waals surface area (Å²) in [7, 11) is 3.51. The fraction of sp³-hybridized carbons (Fsp3) is 0.448. The van der Waals surface area contributed by atoms with Gasteiger partial charge in [0, 0.05) is 43.8 Å². The van der Waals surface area contributed by atoms with Crippen LogP contribution in [0.4, 0.5) is 21.0 Å². The highest BCUT2D eigenvalue weighted by molar-refractivity contribution is 7.81. The first-order valence-corrected chi connectivity index (χ1v) is 15.0. The third kappa shape index (κ3) is 8.98. The second-order valence-corrected chi connectivity index (χ2v) is 12.2. The van der Waals surface area contributed by atoms with E-state index in [2.05, 4.69) is 15.6 Å². The largest absolute Gasteiger partial charge is 0.444 e. The van der Waals surface area contributed by atoms with Crippen LogP contribution >= 0.6 is 12.6 Å². The van der Waals surface area contributed by atoms with Crippen molar-refractivity contribution < 1.29 is 38.2 Å². The number of alkyl carbamates (subject to hydrolysis) is 1. The highest BCUT2D eigenvalue weighted by Gasteiger charge is 2.49. The van der Waals surface area contributed by atoms with Gasteiger partial charge in [0.15, 0.2) is 0 Å². The first-order valence-electron chi connectivity index (χ1n) is 14.5. The van der Waals surface area contributed by atoms with Crippen molar-refractivity contribution in [3.8, 4) is 0 Å². The normalized spacial score (nSPS) is 22.6. The Labute approximate surface area is 270 Å². The molecule has 2 saturated heterocycles. The number of ether oxygens (including phenoxy) is 2. The van der Waals surface area contributed by atoms with Gasteiger partial charge in [-0.15, -0.1) is 4.99 Å². The van der Waals surface area contributed by atoms with E-state index in [0.29, 0.717) is 24.2 Å². The Morgan fingerprint density at radius 2 is 1.57 bits per heavy atom. The number of thiol groups is 1. The fourth-order valence-electron chi connectivity index (χ4n) is 5.52. The van der Waals surface area contributed by atoms with Gasteiger partial charge >= 0.3 is 18.1 Å². The first kappa shape index (κ1) is 34.3. The first-order chi connectivity index (χ1) is 21.8. The molecular weight excluding hydrogens is 622 g/mol. The van der Waals surface area contributed by atoms with Crippen LogP contribution in [0.1, 0.15) is 24.0 Å². The van der Waals surface area contributed by atoms with Gasteiger partial charge in [0.25, 0.3) is 11.4 Å². The summed E-state index contributed by atoms with van der Waals surface area (Å²) in [5.74, 6) is -0.172. The third-order valence-corrected chi connectivity index (χ3v) is 8.55. The molecule has 0 aromatic heterocycles. The zero-order valence-corrected chi connectivity index (χ0v) is 26.3. The maximum absolute atomic E-state index is 13.3. The van der Waals surface area contributed by atoms with Gasteiger partial charge in [-0.3, -0.25) is 30.0 Å². The zero-order chi connectivity index (χ0) is 33.4. The van der Waals surface area contributed by atoms with Gasteiger partial charge in [0.2, 0.25) is 5.96 Å². The van der Waals surface area contributed by atoms with Crippen molar-refractivity contribution in [2.75, 3.05) is 40.3 Å². The van der Waals surface area contributed by atoms with Crippen LogP contribution in [0.15, 0.2) is 53.5 Å². The molecule has 1 unspecified atom stereocenters. The van der Waals surface area contributed by atoms with E-state index in [1.165, 1.54) is 48.5 Å². The molecule has 2 fully saturated rings. The lowest BCUT2D eigenvalue weighted by Gasteiger charge is -2.30. The second kappa shape index (κ2) is 15.1. The number of nitrogens with zero attached hydrogens (tertiary/aromatic N) is 5. The van der Waals surface area contributed by atoms with E-state index in [-0.39, 0.29) is 64.7 Å². The topological polar surface area (TPSA) is 196 Å². The van der Waals surface area contributed by atoms with E-state index in [1.807, 2.05) is 7.05 Å². The van der Waals surface area contributed by atoms with Crippen molar-refractivity contribution in [3.63, 3.8) is 0 Å². The Balaban J connectivity index is 1.43. The molecule has 0 aliphatic carbocycles. The molecule has 0 bridgehead atoms. The van der Waals surface area contributed by atoms with Crippen molar-refractivity contribution in [2.45, 2.75) is 37.3 Å². The summed E-state index contributed by atoms with van der Waals surface area (Å²) in [4.78, 5) is 65.0. The number of benzene rings is 2. The maximum atomic E-state index is 13.3. The molecular formula is C29H36N7O9S+. The molecule has 2 aromatic carbocycles. The standard InChI is InChI=1S/C29H35N7O9S/c1-33(14-21-15-36(2,16-25(21)46)26(37)24-4-3-13-30-24)27(31-28(38)44-17-19-5-9-22(10-6-19)34(40)41)32-29(39)45-18-20-7-11-23(12-8-20)35(42)43/h5-12,21,24-25,30H,3-4,13-18H2,1-2H3,(H-,31,32,38,39,46)/p+1/t21-,24+,25-,36?/m1/s1. The Morgan fingerprint density at radius 3 is 2.09 bits per heavy atom. The molecule has 2 aliphatic heterocycles. The van der Waals surface area contributed by atoms with Crippen molar-refractivity contribution in [1.29, 1.82) is 0 Å². The molecule has 2 N–H and O–H groups in total. The summed E-state index contributed by atoms with van der Waals surface area (Å²) in [6, 6.07) is 10.7. The molecule has 0 spiro atoms. The van der Waals surface area contributed by atoms with Crippen LogP contribution in [-0.2, 0) is 27.5 Å². The number of hydrogen-bond donors (Lipinski definition) is 3. The van der Waals surface area contributed by atoms with Crippen LogP contribution in [0, 0.1) is 26.1 Å². The number of nitro groups is 2. The zero-order valence-electron chi connectivity index (χ0n) is 25.4. The Morgan fingerprint density at radius 1 is 1.00 bits per heavy atom. The molecule has 0 radical (unpaired) electrons. The average Bonchev–Trinajstić information content (AvgIpc) is 3.66. The number of nitro benzene ring substituents is 2. The van der Waals surface area contributed by atoms with Crippen LogP contribution < -0.4 is 10.6 Å². The van der Waals surface area contributed by atoms with Gasteiger partial charge in [-0.25, -0.2) is 14.4 Å². The van der Waals surface area contributed by atoms with Crippen LogP contribution in [-0.4, -0.2) is 94.8 Å². The number of carbonyl (C=O) groups excluding carboxylic acids is 3. The van der Waals surface area contributed by atoms with Gasteiger partial charge in [-0.1, -0.05) is 0 Å². The molecule has 46 heavy (non-hydrogen) atoms. The van der Waals surface area contributed by atoms with E-state index in [9.17, 15) is 34.6 Å². The number of aliphatic imine (C=N–C) groups is 1. The minimum absolute atomic E-state index is 0.108. The van der Waals surface area contributed by atoms with E-state index in [0.717, 1.165) is 19.4 Å². The number of likely N-dealkylation sites (tertiary alicyclic amines) is 1. The smallest absolute Gasteiger partial charge is 0.437 e. The number of non-ortho nitro benzene ring substituents is 2. The average molecular weight is 659 g/mol. The van der Waals surface area contributed by atoms with E-state index in [1.54, 1.807) is 11.9 Å². The Bertz CT molecular complexity index is 1480. The van der Waals surface area contributed by atoms with E-state index in [4.69, 9.17) is 22.1 Å². The monoisotopic (exact) mass is 658 g/mol. The Hall–Kier alpha value is -4.61. The lowest BCUT2D eigenvalue weighted by molar-refractivity contribution is -0.823. The van der Waals surface area contributed by atoms with E-state index >= 15 is 0 Å². The number of guanidine groups is 1. The van der Waals surface area contributed by atoms with Gasteiger partial charge in [-0.05, 0) is 54.8 Å². The summed E-state index contributed by atoms with van der Waals surface area (Å²) in [6.45, 7) is 1.67. The molecule has 2 heterocycles. The molecule has 2 aromatic rings. The molecule has 17 heteroatoms. The fourth-order valence-corrected chi connectivity index (χ4v) is 6.07. The summed E-state index contributed by atoms with van der Waals surface area (Å²) >= 11 is 4.77. The maximum Gasteiger partial charge on any atom is 0.437 e. The predicted octanol–water partition coefficient (Wildman–Crippen LogP) is 3.01. The van der Waals surface area contributed by atoms with Crippen molar-refractivity contribution in [2.24, 2.45) is 10.9 Å². The molecule has 4 rings (SSSR count). The minimum Gasteiger partial charge on any atom is -0.444 e. The molecule has 246 valence electrons. The number of rotatable bonds is 9. The molecule has 16 nitrogen and oxygen atoms in total. The van der Waals surface area contributed by atoms with E-state index < -0.39 is 22.0 Å². The Kier molecular flexibility index (Phi) is 11.3. The number of likely N-dealkylation sites (N-methyl/N-ethyl adjacent to an activating group) is 1. The number of carbonyl (C=O) groups is 3. The molecule has 3 amide bonds. The van der Waals surface area contributed by atoms with Gasteiger partial charge in [-0.2, -0.15) is 12.6 Å². The van der Waals surface area contributed by atoms with Gasteiger partial charge in [0.1, 0.15) is 19.3 Å². The number of amides is 3.